The van der Waals surface area contributed by atoms with E-state index in [1.54, 1.807) is 18.2 Å². The summed E-state index contributed by atoms with van der Waals surface area (Å²) in [6.45, 7) is 4.00. The standard InChI is InChI=1S/C13H16F3NO.C2H6/c14-11-6-2-1-5-10(11)12-8-9(18-17-12)4-3-7-13(15)16;1-2/h1-2,5-6,9,12-13,17H,3-4,7-8H2;1-2H3/t9-,12?;/m1./s1. The normalized spacial score (nSPS) is 21.7. The Labute approximate surface area is 118 Å². The SMILES string of the molecule is CC.Fc1ccccc1C1C[C@@H](CCCC(F)F)ON1. The molecule has 0 bridgehead atoms. The highest BCUT2D eigenvalue weighted by molar-refractivity contribution is 5.21. The number of nitrogens with one attached hydrogen (secondary N) is 1. The van der Waals surface area contributed by atoms with Gasteiger partial charge in [0.2, 0.25) is 6.43 Å². The molecule has 1 N–H and O–H groups in total. The minimum absolute atomic E-state index is 0.107. The van der Waals surface area contributed by atoms with Crippen molar-refractivity contribution in [2.45, 2.75) is 58.1 Å². The van der Waals surface area contributed by atoms with E-state index in [1.807, 2.05) is 13.8 Å². The molecule has 1 unspecified atom stereocenters. The number of halogens is 3. The number of hydrogen-bond donors (Lipinski definition) is 1. The van der Waals surface area contributed by atoms with Crippen molar-refractivity contribution in [3.63, 3.8) is 0 Å². The van der Waals surface area contributed by atoms with Crippen LogP contribution in [0.15, 0.2) is 24.3 Å². The van der Waals surface area contributed by atoms with Gasteiger partial charge in [-0.15, -0.1) is 0 Å². The van der Waals surface area contributed by atoms with Crippen molar-refractivity contribution >= 4 is 0 Å². The second kappa shape index (κ2) is 8.97. The molecule has 1 fully saturated rings. The van der Waals surface area contributed by atoms with Crippen molar-refractivity contribution in [2.75, 3.05) is 0 Å². The van der Waals surface area contributed by atoms with Crippen LogP contribution in [0.2, 0.25) is 0 Å². The van der Waals surface area contributed by atoms with Crippen LogP contribution >= 0.6 is 0 Å². The first-order valence-electron chi connectivity index (χ1n) is 7.10. The quantitative estimate of drug-likeness (QED) is 0.854. The molecular weight excluding hydrogens is 267 g/mol. The zero-order valence-corrected chi connectivity index (χ0v) is 11.9. The van der Waals surface area contributed by atoms with Gasteiger partial charge in [-0.2, -0.15) is 5.48 Å². The molecule has 20 heavy (non-hydrogen) atoms. The number of hydrogen-bond acceptors (Lipinski definition) is 2. The van der Waals surface area contributed by atoms with Gasteiger partial charge in [0.25, 0.3) is 0 Å². The average molecular weight is 289 g/mol. The van der Waals surface area contributed by atoms with Crippen LogP contribution in [0.5, 0.6) is 0 Å². The Morgan fingerprint density at radius 2 is 2.00 bits per heavy atom. The molecule has 0 amide bonds. The Bertz CT molecular complexity index is 387. The fourth-order valence-corrected chi connectivity index (χ4v) is 2.16. The monoisotopic (exact) mass is 289 g/mol. The lowest BCUT2D eigenvalue weighted by atomic mass is 9.99. The minimum Gasteiger partial charge on any atom is -0.298 e. The van der Waals surface area contributed by atoms with Crippen LogP contribution in [0.1, 0.15) is 51.1 Å². The first kappa shape index (κ1) is 17.0. The van der Waals surface area contributed by atoms with Crippen molar-refractivity contribution in [1.82, 2.24) is 5.48 Å². The summed E-state index contributed by atoms with van der Waals surface area (Å²) >= 11 is 0. The van der Waals surface area contributed by atoms with Gasteiger partial charge in [0.15, 0.2) is 0 Å². The summed E-state index contributed by atoms with van der Waals surface area (Å²) in [5, 5.41) is 0. The van der Waals surface area contributed by atoms with E-state index >= 15 is 0 Å². The zero-order valence-electron chi connectivity index (χ0n) is 11.9. The maximum absolute atomic E-state index is 13.5. The molecule has 0 saturated carbocycles. The number of rotatable bonds is 5. The van der Waals surface area contributed by atoms with Gasteiger partial charge < -0.3 is 0 Å². The summed E-state index contributed by atoms with van der Waals surface area (Å²) in [4.78, 5) is 5.30. The summed E-state index contributed by atoms with van der Waals surface area (Å²) in [7, 11) is 0. The van der Waals surface area contributed by atoms with Crippen LogP contribution in [-0.2, 0) is 4.84 Å². The van der Waals surface area contributed by atoms with Crippen molar-refractivity contribution in [1.29, 1.82) is 0 Å². The molecule has 114 valence electrons. The predicted molar refractivity (Wildman–Crippen MR) is 73.0 cm³/mol. The van der Waals surface area contributed by atoms with Gasteiger partial charge in [0.1, 0.15) is 5.82 Å². The van der Waals surface area contributed by atoms with Gasteiger partial charge in [-0.05, 0) is 25.3 Å². The lowest BCUT2D eigenvalue weighted by molar-refractivity contribution is 0.0180. The molecule has 2 rings (SSSR count). The summed E-state index contributed by atoms with van der Waals surface area (Å²) in [6, 6.07) is 6.32. The molecule has 1 saturated heterocycles. The molecule has 0 radical (unpaired) electrons. The largest absolute Gasteiger partial charge is 0.298 e. The topological polar surface area (TPSA) is 21.3 Å². The predicted octanol–water partition coefficient (Wildman–Crippen LogP) is 4.62. The van der Waals surface area contributed by atoms with Gasteiger partial charge in [-0.25, -0.2) is 13.2 Å². The van der Waals surface area contributed by atoms with Gasteiger partial charge in [0, 0.05) is 12.0 Å². The third-order valence-corrected chi connectivity index (χ3v) is 3.10. The lowest BCUT2D eigenvalue weighted by Gasteiger charge is -2.09. The lowest BCUT2D eigenvalue weighted by Crippen LogP contribution is -2.13. The second-order valence-electron chi connectivity index (χ2n) is 4.49. The maximum atomic E-state index is 13.5. The van der Waals surface area contributed by atoms with E-state index in [2.05, 4.69) is 5.48 Å². The van der Waals surface area contributed by atoms with E-state index in [0.717, 1.165) is 0 Å². The maximum Gasteiger partial charge on any atom is 0.238 e. The average Bonchev–Trinajstić information content (AvgIpc) is 2.90. The van der Waals surface area contributed by atoms with Crippen molar-refractivity contribution in [3.8, 4) is 0 Å². The molecule has 1 aliphatic rings. The fourth-order valence-electron chi connectivity index (χ4n) is 2.16. The smallest absolute Gasteiger partial charge is 0.238 e. The summed E-state index contributed by atoms with van der Waals surface area (Å²) in [5.74, 6) is -0.271. The van der Waals surface area contributed by atoms with E-state index in [-0.39, 0.29) is 24.4 Å². The Morgan fingerprint density at radius 3 is 2.65 bits per heavy atom. The van der Waals surface area contributed by atoms with Crippen molar-refractivity contribution in [2.24, 2.45) is 0 Å². The van der Waals surface area contributed by atoms with Crippen molar-refractivity contribution < 1.29 is 18.0 Å². The minimum atomic E-state index is -2.26. The molecule has 0 aromatic heterocycles. The third kappa shape index (κ3) is 5.13. The molecule has 1 heterocycles. The van der Waals surface area contributed by atoms with Crippen LogP contribution in [0.4, 0.5) is 13.2 Å². The molecule has 0 spiro atoms. The summed E-state index contributed by atoms with van der Waals surface area (Å²) < 4.78 is 37.5. The summed E-state index contributed by atoms with van der Waals surface area (Å²) in [5.41, 5.74) is 3.34. The van der Waals surface area contributed by atoms with Crippen molar-refractivity contribution in [3.05, 3.63) is 35.6 Å². The Morgan fingerprint density at radius 1 is 1.30 bits per heavy atom. The van der Waals surface area contributed by atoms with E-state index in [4.69, 9.17) is 4.84 Å². The fraction of sp³-hybridized carbons (Fsp3) is 0.600. The highest BCUT2D eigenvalue weighted by atomic mass is 19.3. The molecule has 5 heteroatoms. The molecule has 2 atom stereocenters. The zero-order chi connectivity index (χ0) is 15.0. The van der Waals surface area contributed by atoms with E-state index in [1.165, 1.54) is 6.07 Å². The highest BCUT2D eigenvalue weighted by Gasteiger charge is 2.28. The number of benzene rings is 1. The number of alkyl halides is 2. The molecular formula is C15H22F3NO. The number of hydroxylamine groups is 1. The van der Waals surface area contributed by atoms with Crippen LogP contribution in [0.25, 0.3) is 0 Å². The van der Waals surface area contributed by atoms with E-state index in [0.29, 0.717) is 24.8 Å². The van der Waals surface area contributed by atoms with E-state index in [9.17, 15) is 13.2 Å². The third-order valence-electron chi connectivity index (χ3n) is 3.10. The first-order chi connectivity index (χ1) is 9.66. The van der Waals surface area contributed by atoms with Gasteiger partial charge >= 0.3 is 0 Å². The molecule has 0 aliphatic carbocycles. The highest BCUT2D eigenvalue weighted by Crippen LogP contribution is 2.29. The van der Waals surface area contributed by atoms with Crippen LogP contribution in [0, 0.1) is 5.82 Å². The Kier molecular flexibility index (Phi) is 7.62. The molecule has 1 aliphatic heterocycles. The van der Waals surface area contributed by atoms with Crippen LogP contribution in [-0.4, -0.2) is 12.5 Å². The van der Waals surface area contributed by atoms with Gasteiger partial charge in [0.05, 0.1) is 12.1 Å². The molecule has 2 nitrogen and oxygen atoms in total. The summed E-state index contributed by atoms with van der Waals surface area (Å²) in [6.07, 6.45) is -0.875. The Balaban J connectivity index is 0.000000956. The van der Waals surface area contributed by atoms with E-state index < -0.39 is 6.43 Å². The Hall–Kier alpha value is -1.07. The second-order valence-corrected chi connectivity index (χ2v) is 4.49. The first-order valence-corrected chi connectivity index (χ1v) is 7.10. The van der Waals surface area contributed by atoms with Gasteiger partial charge in [-0.3, -0.25) is 4.84 Å². The van der Waals surface area contributed by atoms with Gasteiger partial charge in [-0.1, -0.05) is 32.0 Å². The molecule has 1 aromatic carbocycles. The van der Waals surface area contributed by atoms with Crippen LogP contribution < -0.4 is 5.48 Å². The van der Waals surface area contributed by atoms with Crippen LogP contribution in [0.3, 0.4) is 0 Å². The molecule has 1 aromatic rings.